The second kappa shape index (κ2) is 6.56. The van der Waals surface area contributed by atoms with Crippen LogP contribution in [0.4, 0.5) is 0 Å². The highest BCUT2D eigenvalue weighted by Gasteiger charge is 2.22. The SMILES string of the molecule is COc1cc(CN)ccc1S(=O)(=O)NCCCC1CC1. The third kappa shape index (κ3) is 3.94. The van der Waals surface area contributed by atoms with Crippen LogP contribution < -0.4 is 15.2 Å². The lowest BCUT2D eigenvalue weighted by Crippen LogP contribution is -2.25. The Morgan fingerprint density at radius 3 is 2.75 bits per heavy atom. The summed E-state index contributed by atoms with van der Waals surface area (Å²) in [5.41, 5.74) is 6.39. The summed E-state index contributed by atoms with van der Waals surface area (Å²) in [6.07, 6.45) is 4.57. The van der Waals surface area contributed by atoms with Crippen LogP contribution in [-0.4, -0.2) is 22.1 Å². The zero-order chi connectivity index (χ0) is 14.6. The molecule has 0 saturated heterocycles. The van der Waals surface area contributed by atoms with Crippen LogP contribution in [0.2, 0.25) is 0 Å². The fourth-order valence-electron chi connectivity index (χ4n) is 2.14. The Morgan fingerprint density at radius 2 is 2.15 bits per heavy atom. The van der Waals surface area contributed by atoms with Crippen LogP contribution in [0.15, 0.2) is 23.1 Å². The topological polar surface area (TPSA) is 81.4 Å². The number of sulfonamides is 1. The zero-order valence-electron chi connectivity index (χ0n) is 11.8. The molecule has 0 heterocycles. The van der Waals surface area contributed by atoms with Crippen molar-refractivity contribution in [3.63, 3.8) is 0 Å². The van der Waals surface area contributed by atoms with E-state index >= 15 is 0 Å². The van der Waals surface area contributed by atoms with Crippen LogP contribution in [-0.2, 0) is 16.6 Å². The number of nitrogens with one attached hydrogen (secondary N) is 1. The van der Waals surface area contributed by atoms with Crippen molar-refractivity contribution in [3.05, 3.63) is 23.8 Å². The molecule has 0 amide bonds. The summed E-state index contributed by atoms with van der Waals surface area (Å²) in [6, 6.07) is 4.92. The molecule has 5 nitrogen and oxygen atoms in total. The molecule has 0 aromatic heterocycles. The van der Waals surface area contributed by atoms with Crippen molar-refractivity contribution in [2.75, 3.05) is 13.7 Å². The summed E-state index contributed by atoms with van der Waals surface area (Å²) in [5, 5.41) is 0. The predicted octanol–water partition coefficient (Wildman–Crippen LogP) is 1.62. The summed E-state index contributed by atoms with van der Waals surface area (Å²) < 4.78 is 32.3. The summed E-state index contributed by atoms with van der Waals surface area (Å²) in [5.74, 6) is 1.15. The molecular weight excluding hydrogens is 276 g/mol. The number of nitrogens with two attached hydrogens (primary N) is 1. The summed E-state index contributed by atoms with van der Waals surface area (Å²) in [6.45, 7) is 0.826. The molecule has 1 fully saturated rings. The fraction of sp³-hybridized carbons (Fsp3) is 0.571. The number of hydrogen-bond acceptors (Lipinski definition) is 4. The molecule has 0 spiro atoms. The highest BCUT2D eigenvalue weighted by atomic mass is 32.2. The van der Waals surface area contributed by atoms with E-state index in [0.717, 1.165) is 24.3 Å². The smallest absolute Gasteiger partial charge is 0.244 e. The quantitative estimate of drug-likeness (QED) is 0.715. The van der Waals surface area contributed by atoms with Gasteiger partial charge in [-0.05, 0) is 36.5 Å². The Balaban J connectivity index is 2.03. The van der Waals surface area contributed by atoms with Crippen LogP contribution >= 0.6 is 0 Å². The van der Waals surface area contributed by atoms with Crippen molar-refractivity contribution in [1.82, 2.24) is 4.72 Å². The Hall–Kier alpha value is -1.11. The fourth-order valence-corrected chi connectivity index (χ4v) is 3.37. The molecule has 1 aliphatic rings. The van der Waals surface area contributed by atoms with Gasteiger partial charge in [-0.2, -0.15) is 0 Å². The molecule has 1 aromatic carbocycles. The van der Waals surface area contributed by atoms with Crippen LogP contribution in [0.5, 0.6) is 5.75 Å². The molecular formula is C14H22N2O3S. The maximum Gasteiger partial charge on any atom is 0.244 e. The van der Waals surface area contributed by atoms with Gasteiger partial charge in [-0.15, -0.1) is 0 Å². The van der Waals surface area contributed by atoms with Crippen LogP contribution in [0.3, 0.4) is 0 Å². The van der Waals surface area contributed by atoms with Gasteiger partial charge in [0.1, 0.15) is 10.6 Å². The van der Waals surface area contributed by atoms with Gasteiger partial charge in [0, 0.05) is 13.1 Å². The molecule has 20 heavy (non-hydrogen) atoms. The number of rotatable bonds is 8. The van der Waals surface area contributed by atoms with Gasteiger partial charge in [0.25, 0.3) is 0 Å². The number of methoxy groups -OCH3 is 1. The minimum Gasteiger partial charge on any atom is -0.495 e. The Morgan fingerprint density at radius 1 is 1.40 bits per heavy atom. The maximum atomic E-state index is 12.2. The van der Waals surface area contributed by atoms with Gasteiger partial charge in [0.05, 0.1) is 7.11 Å². The molecule has 0 bridgehead atoms. The molecule has 0 radical (unpaired) electrons. The molecule has 0 unspecified atom stereocenters. The summed E-state index contributed by atoms with van der Waals surface area (Å²) >= 11 is 0. The highest BCUT2D eigenvalue weighted by Crippen LogP contribution is 2.33. The van der Waals surface area contributed by atoms with Gasteiger partial charge < -0.3 is 10.5 Å². The van der Waals surface area contributed by atoms with Crippen LogP contribution in [0.25, 0.3) is 0 Å². The number of benzene rings is 1. The number of hydrogen-bond donors (Lipinski definition) is 2. The average Bonchev–Trinajstić information content (AvgIpc) is 3.27. The minimum atomic E-state index is -3.52. The van der Waals surface area contributed by atoms with E-state index in [0.29, 0.717) is 18.8 Å². The minimum absolute atomic E-state index is 0.170. The van der Waals surface area contributed by atoms with Crippen LogP contribution in [0.1, 0.15) is 31.2 Å². The van der Waals surface area contributed by atoms with E-state index in [-0.39, 0.29) is 4.90 Å². The van der Waals surface area contributed by atoms with Crippen molar-refractivity contribution in [2.45, 2.75) is 37.1 Å². The van der Waals surface area contributed by atoms with Crippen molar-refractivity contribution < 1.29 is 13.2 Å². The standard InChI is InChI=1S/C14H22N2O3S/c1-19-13-9-12(10-15)6-7-14(13)20(17,18)16-8-2-3-11-4-5-11/h6-7,9,11,16H,2-5,8,10,15H2,1H3. The lowest BCUT2D eigenvalue weighted by Gasteiger charge is -2.11. The molecule has 1 aromatic rings. The van der Waals surface area contributed by atoms with E-state index in [1.807, 2.05) is 0 Å². The molecule has 6 heteroatoms. The van der Waals surface area contributed by atoms with Gasteiger partial charge in [0.2, 0.25) is 10.0 Å². The van der Waals surface area contributed by atoms with E-state index in [2.05, 4.69) is 4.72 Å². The predicted molar refractivity (Wildman–Crippen MR) is 78.0 cm³/mol. The first-order valence-corrected chi connectivity index (χ1v) is 8.42. The van der Waals surface area contributed by atoms with Gasteiger partial charge >= 0.3 is 0 Å². The first-order chi connectivity index (χ1) is 9.56. The molecule has 1 aliphatic carbocycles. The second-order valence-corrected chi connectivity index (χ2v) is 6.91. The monoisotopic (exact) mass is 298 g/mol. The van der Waals surface area contributed by atoms with E-state index < -0.39 is 10.0 Å². The third-order valence-electron chi connectivity index (χ3n) is 3.53. The van der Waals surface area contributed by atoms with E-state index in [9.17, 15) is 8.42 Å². The summed E-state index contributed by atoms with van der Waals surface area (Å²) in [7, 11) is -2.06. The molecule has 0 atom stereocenters. The largest absolute Gasteiger partial charge is 0.495 e. The summed E-state index contributed by atoms with van der Waals surface area (Å²) in [4.78, 5) is 0.170. The van der Waals surface area contributed by atoms with Crippen molar-refractivity contribution in [3.8, 4) is 5.75 Å². The second-order valence-electron chi connectivity index (χ2n) is 5.17. The Labute approximate surface area is 120 Å². The third-order valence-corrected chi connectivity index (χ3v) is 5.03. The lowest BCUT2D eigenvalue weighted by molar-refractivity contribution is 0.401. The molecule has 1 saturated carbocycles. The molecule has 112 valence electrons. The first kappa shape index (κ1) is 15.3. The van der Waals surface area contributed by atoms with Crippen molar-refractivity contribution in [2.24, 2.45) is 11.7 Å². The maximum absolute atomic E-state index is 12.2. The Bertz CT molecular complexity index is 554. The number of ether oxygens (including phenoxy) is 1. The van der Waals surface area contributed by atoms with Gasteiger partial charge in [0.15, 0.2) is 0 Å². The van der Waals surface area contributed by atoms with Gasteiger partial charge in [-0.3, -0.25) is 0 Å². The lowest BCUT2D eigenvalue weighted by atomic mass is 10.2. The van der Waals surface area contributed by atoms with E-state index in [4.69, 9.17) is 10.5 Å². The normalized spacial score (nSPS) is 15.3. The first-order valence-electron chi connectivity index (χ1n) is 6.93. The molecule has 0 aliphatic heterocycles. The van der Waals surface area contributed by atoms with Crippen molar-refractivity contribution >= 4 is 10.0 Å². The van der Waals surface area contributed by atoms with E-state index in [1.165, 1.54) is 20.0 Å². The average molecular weight is 298 g/mol. The van der Waals surface area contributed by atoms with Gasteiger partial charge in [-0.1, -0.05) is 18.9 Å². The van der Waals surface area contributed by atoms with Crippen molar-refractivity contribution in [1.29, 1.82) is 0 Å². The van der Waals surface area contributed by atoms with Gasteiger partial charge in [-0.25, -0.2) is 13.1 Å². The zero-order valence-corrected chi connectivity index (χ0v) is 12.6. The van der Waals surface area contributed by atoms with E-state index in [1.54, 1.807) is 18.2 Å². The highest BCUT2D eigenvalue weighted by molar-refractivity contribution is 7.89. The molecule has 2 rings (SSSR count). The molecule has 3 N–H and O–H groups in total. The Kier molecular flexibility index (Phi) is 5.01. The van der Waals surface area contributed by atoms with Crippen LogP contribution in [0, 0.1) is 5.92 Å².